The molecule has 0 fully saturated rings. The number of Topliss-reactive ketones (excluding diaryl/α,β-unsaturated/α-hetero) is 2. The maximum Gasteiger partial charge on any atom is 0.323 e. The lowest BCUT2D eigenvalue weighted by atomic mass is 9.71. The van der Waals surface area contributed by atoms with Crippen molar-refractivity contribution in [2.75, 3.05) is 6.54 Å². The monoisotopic (exact) mass is 533 g/mol. The second kappa shape index (κ2) is 10.1. The number of ether oxygens (including phenoxy) is 1. The first-order valence-electron chi connectivity index (χ1n) is 12.4. The van der Waals surface area contributed by atoms with Crippen LogP contribution in [0.1, 0.15) is 50.0 Å². The highest BCUT2D eigenvalue weighted by Gasteiger charge is 2.43. The normalized spacial score (nSPS) is 17.6. The van der Waals surface area contributed by atoms with Gasteiger partial charge in [0, 0.05) is 47.4 Å². The van der Waals surface area contributed by atoms with Crippen LogP contribution < -0.4 is 4.74 Å². The summed E-state index contributed by atoms with van der Waals surface area (Å²) < 4.78 is 5.78. The lowest BCUT2D eigenvalue weighted by Gasteiger charge is -2.43. The van der Waals surface area contributed by atoms with Gasteiger partial charge in [-0.15, -0.1) is 0 Å². The second-order valence-corrected chi connectivity index (χ2v) is 9.53. The average Bonchev–Trinajstić information content (AvgIpc) is 2.89. The van der Waals surface area contributed by atoms with Crippen LogP contribution in [0, 0.1) is 20.2 Å². The van der Waals surface area contributed by atoms with Crippen LogP contribution in [0.15, 0.2) is 65.0 Å². The Kier molecular flexibility index (Phi) is 6.69. The summed E-state index contributed by atoms with van der Waals surface area (Å²) in [6.07, 6.45) is 2.70. The number of nitrogens with zero attached hydrogens (tertiary/aromatic N) is 3. The summed E-state index contributed by atoms with van der Waals surface area (Å²) in [7, 11) is 0. The minimum atomic E-state index is -1.07. The van der Waals surface area contributed by atoms with Gasteiger partial charge in [0.25, 0.3) is 5.69 Å². The number of non-ortho nitro benzene ring substituents is 1. The zero-order chi connectivity index (χ0) is 27.8. The number of aliphatic carboxylic acids is 1. The molecule has 2 aliphatic carbocycles. The molecule has 0 aromatic heterocycles. The lowest BCUT2D eigenvalue weighted by molar-refractivity contribution is -0.394. The molecule has 1 N–H and O–H groups in total. The van der Waals surface area contributed by atoms with E-state index in [1.807, 2.05) is 0 Å². The number of carboxylic acids is 1. The van der Waals surface area contributed by atoms with Crippen molar-refractivity contribution in [1.29, 1.82) is 0 Å². The van der Waals surface area contributed by atoms with E-state index < -0.39 is 33.1 Å². The first kappa shape index (κ1) is 25.8. The molecule has 1 heterocycles. The van der Waals surface area contributed by atoms with Crippen LogP contribution in [0.3, 0.4) is 0 Å². The van der Waals surface area contributed by atoms with Gasteiger partial charge in [-0.05, 0) is 49.4 Å². The Balaban J connectivity index is 1.61. The molecule has 0 bridgehead atoms. The molecule has 12 nitrogen and oxygen atoms in total. The molecule has 2 aromatic rings. The topological polar surface area (TPSA) is 170 Å². The fourth-order valence-electron chi connectivity index (χ4n) is 5.61. The maximum absolute atomic E-state index is 13.3. The highest BCUT2D eigenvalue weighted by Crippen LogP contribution is 2.49. The third-order valence-electron chi connectivity index (χ3n) is 7.15. The molecule has 0 radical (unpaired) electrons. The van der Waals surface area contributed by atoms with Gasteiger partial charge in [0.05, 0.1) is 15.9 Å². The number of hydrogen-bond acceptors (Lipinski definition) is 9. The van der Waals surface area contributed by atoms with E-state index in [0.29, 0.717) is 53.8 Å². The number of benzene rings is 2. The first-order valence-corrected chi connectivity index (χ1v) is 12.4. The van der Waals surface area contributed by atoms with Crippen LogP contribution >= 0.6 is 0 Å². The van der Waals surface area contributed by atoms with Crippen molar-refractivity contribution in [2.45, 2.75) is 44.4 Å². The predicted molar refractivity (Wildman–Crippen MR) is 135 cm³/mol. The Morgan fingerprint density at radius 2 is 1.56 bits per heavy atom. The number of rotatable bonds is 7. The van der Waals surface area contributed by atoms with Crippen LogP contribution in [0.4, 0.5) is 11.4 Å². The van der Waals surface area contributed by atoms with E-state index in [9.17, 15) is 39.7 Å². The summed E-state index contributed by atoms with van der Waals surface area (Å²) in [4.78, 5) is 61.0. The SMILES string of the molecule is O=C(O)CN1C2=C(C(=O)CCC2)C(c2cccc(Oc3ccc([N+](=O)[O-])cc3[N+](=O)[O-])c2)C2=C1CCCC2=O. The van der Waals surface area contributed by atoms with E-state index in [4.69, 9.17) is 4.74 Å². The van der Waals surface area contributed by atoms with Gasteiger partial charge < -0.3 is 14.7 Å². The van der Waals surface area contributed by atoms with Crippen molar-refractivity contribution in [3.05, 3.63) is 90.8 Å². The minimum absolute atomic E-state index is 0.154. The maximum atomic E-state index is 13.3. The molecule has 5 rings (SSSR count). The minimum Gasteiger partial charge on any atom is -0.480 e. The van der Waals surface area contributed by atoms with Crippen molar-refractivity contribution < 1.29 is 34.1 Å². The molecule has 0 unspecified atom stereocenters. The standard InChI is InChI=1S/C27H23N3O9/c31-21-8-2-6-18-26(21)25(27-19(7-3-9-22(27)32)28(18)14-24(33)34)15-4-1-5-17(12-15)39-23-11-10-16(29(35)36)13-20(23)30(37)38/h1,4-5,10-13,25H,2-3,6-9,14H2,(H,33,34). The van der Waals surface area contributed by atoms with Gasteiger partial charge in [-0.3, -0.25) is 34.6 Å². The Morgan fingerprint density at radius 3 is 2.13 bits per heavy atom. The molecule has 0 spiro atoms. The molecule has 200 valence electrons. The largest absolute Gasteiger partial charge is 0.480 e. The number of ketones is 2. The Labute approximate surface area is 221 Å². The van der Waals surface area contributed by atoms with Gasteiger partial charge in [0.15, 0.2) is 11.6 Å². The Morgan fingerprint density at radius 1 is 0.923 bits per heavy atom. The number of carbonyl (C=O) groups excluding carboxylic acids is 2. The fourth-order valence-corrected chi connectivity index (χ4v) is 5.61. The number of hydrogen-bond donors (Lipinski definition) is 1. The molecule has 0 amide bonds. The van der Waals surface area contributed by atoms with Gasteiger partial charge in [-0.25, -0.2) is 0 Å². The summed E-state index contributed by atoms with van der Waals surface area (Å²) in [5, 5.41) is 32.2. The molecule has 0 atom stereocenters. The highest BCUT2D eigenvalue weighted by atomic mass is 16.6. The van der Waals surface area contributed by atoms with Crippen molar-refractivity contribution in [3.63, 3.8) is 0 Å². The number of allylic oxidation sites excluding steroid dienone is 4. The lowest BCUT2D eigenvalue weighted by Crippen LogP contribution is -2.41. The van der Waals surface area contributed by atoms with Crippen molar-refractivity contribution in [2.24, 2.45) is 0 Å². The molecule has 2 aromatic carbocycles. The summed E-state index contributed by atoms with van der Waals surface area (Å²) >= 11 is 0. The van der Waals surface area contributed by atoms with Gasteiger partial charge >= 0.3 is 11.7 Å². The molecule has 12 heteroatoms. The molecule has 39 heavy (non-hydrogen) atoms. The zero-order valence-corrected chi connectivity index (χ0v) is 20.6. The number of carboxylic acid groups (broad SMARTS) is 1. The van der Waals surface area contributed by atoms with E-state index in [1.165, 1.54) is 0 Å². The second-order valence-electron chi connectivity index (χ2n) is 9.53. The fraction of sp³-hybridized carbons (Fsp3) is 0.296. The van der Waals surface area contributed by atoms with Gasteiger partial charge in [0.2, 0.25) is 5.75 Å². The predicted octanol–water partition coefficient (Wildman–Crippen LogP) is 4.79. The first-order chi connectivity index (χ1) is 18.7. The summed E-state index contributed by atoms with van der Waals surface area (Å²) in [6.45, 7) is -0.349. The molecular formula is C27H23N3O9. The third-order valence-corrected chi connectivity index (χ3v) is 7.15. The molecule has 3 aliphatic rings. The van der Waals surface area contributed by atoms with Gasteiger partial charge in [0.1, 0.15) is 12.3 Å². The van der Waals surface area contributed by atoms with E-state index in [1.54, 1.807) is 29.2 Å². The van der Waals surface area contributed by atoms with Gasteiger partial charge in [-0.1, -0.05) is 12.1 Å². The van der Waals surface area contributed by atoms with Crippen LogP contribution in [0.25, 0.3) is 0 Å². The van der Waals surface area contributed by atoms with Crippen molar-refractivity contribution in [3.8, 4) is 11.5 Å². The van der Waals surface area contributed by atoms with Gasteiger partial charge in [-0.2, -0.15) is 0 Å². The third kappa shape index (κ3) is 4.76. The molecule has 1 aliphatic heterocycles. The molecular weight excluding hydrogens is 510 g/mol. The van der Waals surface area contributed by atoms with E-state index in [0.717, 1.165) is 18.2 Å². The number of nitro benzene ring substituents is 2. The van der Waals surface area contributed by atoms with Crippen LogP contribution in [-0.2, 0) is 14.4 Å². The van der Waals surface area contributed by atoms with Crippen molar-refractivity contribution >= 4 is 28.9 Å². The zero-order valence-electron chi connectivity index (χ0n) is 20.6. The highest BCUT2D eigenvalue weighted by molar-refractivity contribution is 6.06. The quantitative estimate of drug-likeness (QED) is 0.385. The Hall–Kier alpha value is -4.87. The van der Waals surface area contributed by atoms with E-state index >= 15 is 0 Å². The van der Waals surface area contributed by atoms with E-state index in [2.05, 4.69) is 0 Å². The van der Waals surface area contributed by atoms with Crippen LogP contribution in [0.2, 0.25) is 0 Å². The Bertz CT molecular complexity index is 1460. The smallest absolute Gasteiger partial charge is 0.323 e. The summed E-state index contributed by atoms with van der Waals surface area (Å²) in [5.74, 6) is -2.13. The van der Waals surface area contributed by atoms with Crippen LogP contribution in [0.5, 0.6) is 11.5 Å². The number of nitro groups is 2. The molecule has 0 saturated heterocycles. The molecule has 0 saturated carbocycles. The van der Waals surface area contributed by atoms with Crippen molar-refractivity contribution in [1.82, 2.24) is 4.90 Å². The summed E-state index contributed by atoms with van der Waals surface area (Å²) in [6, 6.07) is 9.54. The number of carbonyl (C=O) groups is 3. The van der Waals surface area contributed by atoms with E-state index in [-0.39, 0.29) is 42.5 Å². The average molecular weight is 533 g/mol. The summed E-state index contributed by atoms with van der Waals surface area (Å²) in [5.41, 5.74) is 1.54. The van der Waals surface area contributed by atoms with Crippen LogP contribution in [-0.4, -0.2) is 43.9 Å².